The van der Waals surface area contributed by atoms with Crippen molar-refractivity contribution >= 4 is 27.8 Å². The zero-order valence-corrected chi connectivity index (χ0v) is 14.2. The van der Waals surface area contributed by atoms with Crippen molar-refractivity contribution in [1.29, 1.82) is 0 Å². The minimum Gasteiger partial charge on any atom is -0.468 e. The van der Waals surface area contributed by atoms with E-state index in [1.54, 1.807) is 12.3 Å². The molecule has 0 atom stereocenters. The summed E-state index contributed by atoms with van der Waals surface area (Å²) in [6.07, 6.45) is 2.20. The Hall–Kier alpha value is -3.87. The lowest BCUT2D eigenvalue weighted by molar-refractivity contribution is 0.519. The van der Waals surface area contributed by atoms with Crippen LogP contribution in [0.25, 0.3) is 32.9 Å². The molecule has 0 spiro atoms. The fraction of sp³-hybridized carbons (Fsp3) is 0.0500. The average molecular weight is 357 g/mol. The van der Waals surface area contributed by atoms with Crippen LogP contribution in [-0.4, -0.2) is 20.2 Å². The molecule has 0 saturated heterocycles. The zero-order chi connectivity index (χ0) is 18.4. The highest BCUT2D eigenvalue weighted by Gasteiger charge is 2.11. The Morgan fingerprint density at radius 1 is 1.04 bits per heavy atom. The minimum atomic E-state index is -0.193. The highest BCUT2D eigenvalue weighted by Crippen LogP contribution is 2.27. The first-order valence-electron chi connectivity index (χ1n) is 8.47. The third-order valence-electron chi connectivity index (χ3n) is 4.60. The topological polar surface area (TPSA) is 114 Å². The molecule has 132 valence electrons. The molecule has 0 aliphatic rings. The Morgan fingerprint density at radius 2 is 1.89 bits per heavy atom. The highest BCUT2D eigenvalue weighted by atomic mass is 16.3. The highest BCUT2D eigenvalue weighted by molar-refractivity contribution is 5.84. The number of hydrogen-bond donors (Lipinski definition) is 3. The predicted molar refractivity (Wildman–Crippen MR) is 103 cm³/mol. The summed E-state index contributed by atoms with van der Waals surface area (Å²) in [5.74, 6) is 1.16. The largest absolute Gasteiger partial charge is 0.468 e. The van der Waals surface area contributed by atoms with E-state index in [9.17, 15) is 4.79 Å². The number of rotatable bonds is 3. The Bertz CT molecular complexity index is 1350. The van der Waals surface area contributed by atoms with E-state index in [1.165, 1.54) is 0 Å². The van der Waals surface area contributed by atoms with Crippen LogP contribution in [0.5, 0.6) is 0 Å². The number of furan rings is 1. The van der Waals surface area contributed by atoms with E-state index < -0.39 is 0 Å². The van der Waals surface area contributed by atoms with Gasteiger partial charge in [-0.05, 0) is 29.8 Å². The second-order valence-electron chi connectivity index (χ2n) is 6.38. The van der Waals surface area contributed by atoms with E-state index in [0.717, 1.165) is 39.0 Å². The number of nitrogen functional groups attached to an aromatic ring is 1. The van der Waals surface area contributed by atoms with Crippen LogP contribution in [0, 0.1) is 0 Å². The Kier molecular flexibility index (Phi) is 3.33. The SMILES string of the molecule is Nc1nc2ccc(-c3coc(Cc4n[nH]c(=O)c5ccccc45)c3)cc2[nH]1. The third kappa shape index (κ3) is 2.65. The Balaban J connectivity index is 1.50. The van der Waals surface area contributed by atoms with E-state index in [1.807, 2.05) is 42.5 Å². The summed E-state index contributed by atoms with van der Waals surface area (Å²) in [5.41, 5.74) is 9.93. The van der Waals surface area contributed by atoms with Crippen LogP contribution < -0.4 is 11.3 Å². The van der Waals surface area contributed by atoms with Gasteiger partial charge in [0.15, 0.2) is 5.95 Å². The van der Waals surface area contributed by atoms with Crippen LogP contribution in [0.2, 0.25) is 0 Å². The van der Waals surface area contributed by atoms with Gasteiger partial charge < -0.3 is 15.1 Å². The zero-order valence-electron chi connectivity index (χ0n) is 14.2. The molecule has 2 aromatic carbocycles. The lowest BCUT2D eigenvalue weighted by Crippen LogP contribution is -2.11. The fourth-order valence-electron chi connectivity index (χ4n) is 3.30. The van der Waals surface area contributed by atoms with Crippen LogP contribution in [-0.2, 0) is 6.42 Å². The number of nitrogens with one attached hydrogen (secondary N) is 2. The molecule has 0 fully saturated rings. The lowest BCUT2D eigenvalue weighted by atomic mass is 10.1. The molecule has 0 saturated carbocycles. The first kappa shape index (κ1) is 15.4. The maximum absolute atomic E-state index is 11.9. The van der Waals surface area contributed by atoms with E-state index in [-0.39, 0.29) is 5.56 Å². The van der Waals surface area contributed by atoms with Gasteiger partial charge in [-0.25, -0.2) is 10.1 Å². The van der Waals surface area contributed by atoms with Crippen molar-refractivity contribution in [2.75, 3.05) is 5.73 Å². The molecule has 0 unspecified atom stereocenters. The van der Waals surface area contributed by atoms with E-state index in [0.29, 0.717) is 17.8 Å². The van der Waals surface area contributed by atoms with Crippen molar-refractivity contribution in [3.05, 3.63) is 76.6 Å². The van der Waals surface area contributed by atoms with Crippen molar-refractivity contribution < 1.29 is 4.42 Å². The van der Waals surface area contributed by atoms with Gasteiger partial charge in [0.05, 0.1) is 34.8 Å². The van der Waals surface area contributed by atoms with Crippen molar-refractivity contribution in [2.45, 2.75) is 6.42 Å². The normalized spacial score (nSPS) is 11.4. The molecule has 0 aliphatic carbocycles. The standard InChI is InChI=1S/C20H15N5O2/c21-20-22-16-6-5-11(8-18(16)23-20)12-7-13(27-10-12)9-17-14-3-1-2-4-15(14)19(26)25-24-17/h1-8,10H,9H2,(H,25,26)(H3,21,22,23). The molecular formula is C20H15N5O2. The molecule has 4 N–H and O–H groups in total. The van der Waals surface area contributed by atoms with Crippen LogP contribution in [0.1, 0.15) is 11.5 Å². The number of benzene rings is 2. The van der Waals surface area contributed by atoms with Gasteiger partial charge in [0, 0.05) is 10.9 Å². The molecule has 0 bridgehead atoms. The molecule has 3 heterocycles. The molecule has 0 radical (unpaired) electrons. The summed E-state index contributed by atoms with van der Waals surface area (Å²) in [4.78, 5) is 19.2. The predicted octanol–water partition coefficient (Wildman–Crippen LogP) is 3.23. The van der Waals surface area contributed by atoms with Gasteiger partial charge >= 0.3 is 0 Å². The average Bonchev–Trinajstić information content (AvgIpc) is 3.29. The van der Waals surface area contributed by atoms with Crippen molar-refractivity contribution in [3.8, 4) is 11.1 Å². The van der Waals surface area contributed by atoms with Gasteiger partial charge in [-0.2, -0.15) is 5.10 Å². The molecule has 0 aliphatic heterocycles. The number of nitrogens with two attached hydrogens (primary N) is 1. The number of nitrogens with zero attached hydrogens (tertiary/aromatic N) is 2. The number of fused-ring (bicyclic) bond motifs is 2. The van der Waals surface area contributed by atoms with E-state index >= 15 is 0 Å². The monoisotopic (exact) mass is 357 g/mol. The number of hydrogen-bond acceptors (Lipinski definition) is 5. The summed E-state index contributed by atoms with van der Waals surface area (Å²) in [5, 5.41) is 8.21. The number of H-pyrrole nitrogens is 2. The van der Waals surface area contributed by atoms with Crippen LogP contribution >= 0.6 is 0 Å². The van der Waals surface area contributed by atoms with Crippen molar-refractivity contribution in [1.82, 2.24) is 20.2 Å². The van der Waals surface area contributed by atoms with Gasteiger partial charge in [-0.15, -0.1) is 0 Å². The minimum absolute atomic E-state index is 0.193. The van der Waals surface area contributed by atoms with Crippen LogP contribution in [0.4, 0.5) is 5.95 Å². The van der Waals surface area contributed by atoms with Crippen molar-refractivity contribution in [3.63, 3.8) is 0 Å². The second kappa shape index (κ2) is 5.84. The van der Waals surface area contributed by atoms with Crippen LogP contribution in [0.15, 0.2) is 64.0 Å². The fourth-order valence-corrected chi connectivity index (χ4v) is 3.30. The molecule has 7 heteroatoms. The second-order valence-corrected chi connectivity index (χ2v) is 6.38. The molecule has 27 heavy (non-hydrogen) atoms. The molecule has 5 aromatic rings. The van der Waals surface area contributed by atoms with Gasteiger partial charge in [-0.1, -0.05) is 24.3 Å². The molecule has 3 aromatic heterocycles. The first-order chi connectivity index (χ1) is 13.2. The summed E-state index contributed by atoms with van der Waals surface area (Å²) < 4.78 is 5.74. The maximum Gasteiger partial charge on any atom is 0.272 e. The van der Waals surface area contributed by atoms with E-state index in [4.69, 9.17) is 10.2 Å². The van der Waals surface area contributed by atoms with Gasteiger partial charge in [0.25, 0.3) is 5.56 Å². The van der Waals surface area contributed by atoms with Gasteiger partial charge in [-0.3, -0.25) is 4.79 Å². The lowest BCUT2D eigenvalue weighted by Gasteiger charge is -2.02. The molecule has 0 amide bonds. The summed E-state index contributed by atoms with van der Waals surface area (Å²) in [6, 6.07) is 15.3. The van der Waals surface area contributed by atoms with Gasteiger partial charge in [0.1, 0.15) is 5.76 Å². The summed E-state index contributed by atoms with van der Waals surface area (Å²) >= 11 is 0. The van der Waals surface area contributed by atoms with Crippen molar-refractivity contribution in [2.24, 2.45) is 0 Å². The quantitative estimate of drug-likeness (QED) is 0.459. The number of aromatic nitrogens is 4. The molecule has 5 rings (SSSR count). The smallest absolute Gasteiger partial charge is 0.272 e. The van der Waals surface area contributed by atoms with Crippen LogP contribution in [0.3, 0.4) is 0 Å². The van der Waals surface area contributed by atoms with E-state index in [2.05, 4.69) is 20.2 Å². The van der Waals surface area contributed by atoms with Gasteiger partial charge in [0.2, 0.25) is 0 Å². The molecule has 7 nitrogen and oxygen atoms in total. The Labute approximate surface area is 152 Å². The molecular weight excluding hydrogens is 342 g/mol. The number of aromatic amines is 2. The number of imidazole rings is 1. The Morgan fingerprint density at radius 3 is 2.78 bits per heavy atom. The first-order valence-corrected chi connectivity index (χ1v) is 8.47. The maximum atomic E-state index is 11.9. The number of anilines is 1. The summed E-state index contributed by atoms with van der Waals surface area (Å²) in [7, 11) is 0. The third-order valence-corrected chi connectivity index (χ3v) is 4.60. The summed E-state index contributed by atoms with van der Waals surface area (Å²) in [6.45, 7) is 0.